The van der Waals surface area contributed by atoms with Crippen molar-refractivity contribution in [1.29, 1.82) is 5.26 Å². The summed E-state index contributed by atoms with van der Waals surface area (Å²) >= 11 is 0. The average Bonchev–Trinajstić information content (AvgIpc) is 2.81. The van der Waals surface area contributed by atoms with Crippen molar-refractivity contribution in [2.24, 2.45) is 0 Å². The molecule has 0 aliphatic heterocycles. The van der Waals surface area contributed by atoms with Gasteiger partial charge in [-0.3, -0.25) is 0 Å². The van der Waals surface area contributed by atoms with E-state index in [-0.39, 0.29) is 5.56 Å². The molecule has 2 aromatic rings. The maximum atomic E-state index is 13.0. The number of H-pyrrole nitrogens is 1. The van der Waals surface area contributed by atoms with Gasteiger partial charge in [-0.2, -0.15) is 5.26 Å². The number of halogens is 1. The summed E-state index contributed by atoms with van der Waals surface area (Å²) in [5, 5.41) is 11.7. The molecule has 1 aromatic heterocycles. The fourth-order valence-electron chi connectivity index (χ4n) is 1.30. The molecule has 0 aliphatic carbocycles. The van der Waals surface area contributed by atoms with Crippen LogP contribution in [0, 0.1) is 17.1 Å². The fraction of sp³-hybridized carbons (Fsp3) is 0.0909. The van der Waals surface area contributed by atoms with Gasteiger partial charge in [-0.15, -0.1) is 0 Å². The SMILES string of the molecule is N#Cc1cc(NCc2ncc[nH]2)ccc1F. The number of rotatable bonds is 3. The lowest BCUT2D eigenvalue weighted by Gasteiger charge is -2.04. The number of nitrogens with zero attached hydrogens (tertiary/aromatic N) is 2. The molecule has 0 saturated carbocycles. The van der Waals surface area contributed by atoms with Crippen LogP contribution in [0.15, 0.2) is 30.6 Å². The molecule has 0 atom stereocenters. The van der Waals surface area contributed by atoms with Crippen molar-refractivity contribution in [2.45, 2.75) is 6.54 Å². The summed E-state index contributed by atoms with van der Waals surface area (Å²) < 4.78 is 13.0. The normalized spacial score (nSPS) is 9.75. The Hall–Kier alpha value is -2.35. The summed E-state index contributed by atoms with van der Waals surface area (Å²) in [5.74, 6) is 0.272. The predicted octanol–water partition coefficient (Wildman–Crippen LogP) is 2.03. The van der Waals surface area contributed by atoms with Crippen LogP contribution in [0.5, 0.6) is 0 Å². The minimum atomic E-state index is -0.508. The van der Waals surface area contributed by atoms with Gasteiger partial charge in [0.2, 0.25) is 0 Å². The summed E-state index contributed by atoms with van der Waals surface area (Å²) in [6, 6.07) is 6.11. The summed E-state index contributed by atoms with van der Waals surface area (Å²) in [5.41, 5.74) is 0.721. The standard InChI is InChI=1S/C11H9FN4/c12-10-2-1-9(5-8(10)6-13)16-7-11-14-3-4-15-11/h1-5,16H,7H2,(H,14,15). The molecule has 0 bridgehead atoms. The zero-order valence-electron chi connectivity index (χ0n) is 8.37. The van der Waals surface area contributed by atoms with Gasteiger partial charge in [-0.05, 0) is 18.2 Å². The molecular weight excluding hydrogens is 207 g/mol. The van der Waals surface area contributed by atoms with Crippen LogP contribution < -0.4 is 5.32 Å². The highest BCUT2D eigenvalue weighted by molar-refractivity contribution is 5.49. The molecule has 0 spiro atoms. The summed E-state index contributed by atoms with van der Waals surface area (Å²) in [6.45, 7) is 0.503. The van der Waals surface area contributed by atoms with Gasteiger partial charge in [-0.25, -0.2) is 9.37 Å². The van der Waals surface area contributed by atoms with Gasteiger partial charge in [0.25, 0.3) is 0 Å². The Morgan fingerprint density at radius 1 is 1.50 bits per heavy atom. The van der Waals surface area contributed by atoms with Crippen LogP contribution in [0.2, 0.25) is 0 Å². The Kier molecular flexibility index (Phi) is 2.83. The summed E-state index contributed by atoms with van der Waals surface area (Å²) in [7, 11) is 0. The Morgan fingerprint density at radius 3 is 3.06 bits per heavy atom. The number of aromatic nitrogens is 2. The second kappa shape index (κ2) is 4.45. The Balaban J connectivity index is 2.08. The van der Waals surface area contributed by atoms with Gasteiger partial charge in [0.1, 0.15) is 17.7 Å². The zero-order valence-corrected chi connectivity index (χ0v) is 8.37. The molecule has 2 rings (SSSR count). The molecule has 0 radical (unpaired) electrons. The molecule has 1 aromatic carbocycles. The number of imidazole rings is 1. The number of anilines is 1. The maximum Gasteiger partial charge on any atom is 0.141 e. The number of nitrogens with one attached hydrogen (secondary N) is 2. The maximum absolute atomic E-state index is 13.0. The highest BCUT2D eigenvalue weighted by Gasteiger charge is 2.02. The van der Waals surface area contributed by atoms with Crippen molar-refractivity contribution in [3.8, 4) is 6.07 Å². The van der Waals surface area contributed by atoms with E-state index in [2.05, 4.69) is 15.3 Å². The second-order valence-electron chi connectivity index (χ2n) is 3.20. The average molecular weight is 216 g/mol. The van der Waals surface area contributed by atoms with E-state index in [9.17, 15) is 4.39 Å². The molecule has 5 heteroatoms. The Labute approximate surface area is 91.8 Å². The third kappa shape index (κ3) is 2.17. The zero-order chi connectivity index (χ0) is 11.4. The van der Waals surface area contributed by atoms with E-state index in [1.807, 2.05) is 0 Å². The van der Waals surface area contributed by atoms with Crippen LogP contribution in [0.1, 0.15) is 11.4 Å². The molecule has 80 valence electrons. The number of hydrogen-bond donors (Lipinski definition) is 2. The van der Waals surface area contributed by atoms with E-state index >= 15 is 0 Å². The van der Waals surface area contributed by atoms with Gasteiger partial charge in [0, 0.05) is 18.1 Å². The topological polar surface area (TPSA) is 64.5 Å². The predicted molar refractivity (Wildman–Crippen MR) is 57.0 cm³/mol. The molecule has 4 nitrogen and oxygen atoms in total. The highest BCUT2D eigenvalue weighted by Crippen LogP contribution is 2.14. The van der Waals surface area contributed by atoms with E-state index in [1.54, 1.807) is 24.5 Å². The molecule has 0 aliphatic rings. The van der Waals surface area contributed by atoms with E-state index in [0.29, 0.717) is 12.2 Å². The molecule has 16 heavy (non-hydrogen) atoms. The molecule has 1 heterocycles. The van der Waals surface area contributed by atoms with Crippen molar-refractivity contribution in [2.75, 3.05) is 5.32 Å². The molecule has 0 saturated heterocycles. The summed E-state index contributed by atoms with van der Waals surface area (Å²) in [6.07, 6.45) is 3.38. The van der Waals surface area contributed by atoms with Crippen LogP contribution >= 0.6 is 0 Å². The van der Waals surface area contributed by atoms with Crippen molar-refractivity contribution < 1.29 is 4.39 Å². The van der Waals surface area contributed by atoms with E-state index < -0.39 is 5.82 Å². The molecule has 0 amide bonds. The van der Waals surface area contributed by atoms with E-state index in [1.165, 1.54) is 12.1 Å². The van der Waals surface area contributed by atoms with Crippen molar-refractivity contribution >= 4 is 5.69 Å². The monoisotopic (exact) mass is 216 g/mol. The van der Waals surface area contributed by atoms with Crippen LogP contribution in [-0.4, -0.2) is 9.97 Å². The highest BCUT2D eigenvalue weighted by atomic mass is 19.1. The third-order valence-corrected chi connectivity index (χ3v) is 2.10. The number of aromatic amines is 1. The van der Waals surface area contributed by atoms with Crippen LogP contribution in [0.3, 0.4) is 0 Å². The quantitative estimate of drug-likeness (QED) is 0.825. The first kappa shape index (κ1) is 10.2. The van der Waals surface area contributed by atoms with Crippen LogP contribution in [0.25, 0.3) is 0 Å². The van der Waals surface area contributed by atoms with Gasteiger partial charge in [0.15, 0.2) is 0 Å². The largest absolute Gasteiger partial charge is 0.378 e. The molecule has 0 unspecified atom stereocenters. The minimum absolute atomic E-state index is 0.0319. The fourth-order valence-corrected chi connectivity index (χ4v) is 1.30. The summed E-state index contributed by atoms with van der Waals surface area (Å²) in [4.78, 5) is 6.97. The van der Waals surface area contributed by atoms with Crippen LogP contribution in [0.4, 0.5) is 10.1 Å². The van der Waals surface area contributed by atoms with Crippen molar-refractivity contribution in [3.63, 3.8) is 0 Å². The smallest absolute Gasteiger partial charge is 0.141 e. The number of benzene rings is 1. The van der Waals surface area contributed by atoms with Crippen molar-refractivity contribution in [1.82, 2.24) is 9.97 Å². The first-order chi connectivity index (χ1) is 7.79. The van der Waals surface area contributed by atoms with Crippen LogP contribution in [-0.2, 0) is 6.54 Å². The first-order valence-corrected chi connectivity index (χ1v) is 4.71. The van der Waals surface area contributed by atoms with Gasteiger partial charge >= 0.3 is 0 Å². The minimum Gasteiger partial charge on any atom is -0.378 e. The lowest BCUT2D eigenvalue weighted by atomic mass is 10.2. The van der Waals surface area contributed by atoms with Gasteiger partial charge in [-0.1, -0.05) is 0 Å². The van der Waals surface area contributed by atoms with Gasteiger partial charge in [0.05, 0.1) is 12.1 Å². The van der Waals surface area contributed by atoms with Gasteiger partial charge < -0.3 is 10.3 Å². The first-order valence-electron chi connectivity index (χ1n) is 4.71. The lowest BCUT2D eigenvalue weighted by molar-refractivity contribution is 0.624. The lowest BCUT2D eigenvalue weighted by Crippen LogP contribution is -2.01. The number of nitriles is 1. The van der Waals surface area contributed by atoms with Crippen molar-refractivity contribution in [3.05, 3.63) is 47.8 Å². The third-order valence-electron chi connectivity index (χ3n) is 2.10. The second-order valence-corrected chi connectivity index (χ2v) is 3.20. The molecule has 2 N–H and O–H groups in total. The molecular formula is C11H9FN4. The Morgan fingerprint density at radius 2 is 2.38 bits per heavy atom. The molecule has 0 fully saturated rings. The Bertz CT molecular complexity index is 513. The number of hydrogen-bond acceptors (Lipinski definition) is 3. The van der Waals surface area contributed by atoms with E-state index in [0.717, 1.165) is 5.82 Å². The van der Waals surface area contributed by atoms with E-state index in [4.69, 9.17) is 5.26 Å².